The Morgan fingerprint density at radius 1 is 1.43 bits per heavy atom. The van der Waals surface area contributed by atoms with Crippen molar-refractivity contribution in [2.75, 3.05) is 0 Å². The Kier molecular flexibility index (Phi) is 2.38. The van der Waals surface area contributed by atoms with Crippen LogP contribution < -0.4 is 0 Å². The second-order valence-electron chi connectivity index (χ2n) is 4.91. The highest BCUT2D eigenvalue weighted by Gasteiger charge is 2.25. The lowest BCUT2D eigenvalue weighted by molar-refractivity contribution is 0.428. The molecule has 14 heavy (non-hydrogen) atoms. The van der Waals surface area contributed by atoms with Crippen LogP contribution in [-0.2, 0) is 18.4 Å². The molecule has 0 spiro atoms. The molecule has 0 atom stereocenters. The van der Waals surface area contributed by atoms with Crippen molar-refractivity contribution in [2.24, 2.45) is 0 Å². The first-order valence-electron chi connectivity index (χ1n) is 5.70. The van der Waals surface area contributed by atoms with Crippen molar-refractivity contribution in [1.29, 1.82) is 0 Å². The van der Waals surface area contributed by atoms with Crippen molar-refractivity contribution in [3.8, 4) is 0 Å². The first kappa shape index (κ1) is 9.75. The lowest BCUT2D eigenvalue weighted by Gasteiger charge is -2.26. The monoisotopic (exact) mass is 192 g/mol. The number of aryl methyl sites for hydroxylation is 1. The van der Waals surface area contributed by atoms with Crippen molar-refractivity contribution < 1.29 is 0 Å². The van der Waals surface area contributed by atoms with E-state index < -0.39 is 0 Å². The van der Waals surface area contributed by atoms with Gasteiger partial charge < -0.3 is 4.57 Å². The van der Waals surface area contributed by atoms with Crippen molar-refractivity contribution in [3.05, 3.63) is 17.7 Å². The number of nitrogens with zero attached hydrogens (tertiary/aromatic N) is 2. The predicted molar refractivity (Wildman–Crippen MR) is 58.5 cm³/mol. The van der Waals surface area contributed by atoms with Crippen molar-refractivity contribution in [2.45, 2.75) is 58.4 Å². The van der Waals surface area contributed by atoms with E-state index in [9.17, 15) is 0 Å². The van der Waals surface area contributed by atoms with E-state index in [1.165, 1.54) is 43.7 Å². The molecule has 2 rings (SSSR count). The van der Waals surface area contributed by atoms with Crippen LogP contribution in [0.15, 0.2) is 6.20 Å². The van der Waals surface area contributed by atoms with Gasteiger partial charge in [-0.25, -0.2) is 4.98 Å². The fourth-order valence-electron chi connectivity index (χ4n) is 2.14. The number of hydrogen-bond donors (Lipinski definition) is 0. The summed E-state index contributed by atoms with van der Waals surface area (Å²) in [6.45, 7) is 8.05. The van der Waals surface area contributed by atoms with Crippen LogP contribution >= 0.6 is 0 Å². The molecule has 2 heterocycles. The zero-order chi connectivity index (χ0) is 10.2. The van der Waals surface area contributed by atoms with E-state index in [2.05, 4.69) is 36.5 Å². The van der Waals surface area contributed by atoms with Gasteiger partial charge in [0, 0.05) is 30.3 Å². The smallest absolute Gasteiger partial charge is 0.108 e. The molecule has 0 fully saturated rings. The predicted octanol–water partition coefficient (Wildman–Crippen LogP) is 2.91. The molecular weight excluding hydrogens is 172 g/mol. The minimum atomic E-state index is 0.280. The normalized spacial score (nSPS) is 16.8. The van der Waals surface area contributed by atoms with E-state index in [4.69, 9.17) is 0 Å². The van der Waals surface area contributed by atoms with Crippen LogP contribution in [-0.4, -0.2) is 9.55 Å². The SMILES string of the molecule is CCC(C)(C)c1cnc2n1CCCC2. The van der Waals surface area contributed by atoms with E-state index in [0.29, 0.717) is 0 Å². The maximum Gasteiger partial charge on any atom is 0.108 e. The summed E-state index contributed by atoms with van der Waals surface area (Å²) < 4.78 is 2.44. The number of imidazole rings is 1. The van der Waals surface area contributed by atoms with Crippen LogP contribution in [0.25, 0.3) is 0 Å². The third kappa shape index (κ3) is 1.47. The van der Waals surface area contributed by atoms with Crippen molar-refractivity contribution >= 4 is 0 Å². The maximum absolute atomic E-state index is 4.53. The van der Waals surface area contributed by atoms with Gasteiger partial charge >= 0.3 is 0 Å². The third-order valence-corrected chi connectivity index (χ3v) is 3.55. The van der Waals surface area contributed by atoms with E-state index in [1.54, 1.807) is 0 Å². The summed E-state index contributed by atoms with van der Waals surface area (Å²) in [4.78, 5) is 4.53. The highest BCUT2D eigenvalue weighted by atomic mass is 15.1. The molecule has 0 unspecified atom stereocenters. The standard InChI is InChI=1S/C12H20N2/c1-4-12(2,3)10-9-13-11-7-5-6-8-14(10)11/h9H,4-8H2,1-3H3. The van der Waals surface area contributed by atoms with E-state index >= 15 is 0 Å². The number of rotatable bonds is 2. The summed E-state index contributed by atoms with van der Waals surface area (Å²) in [5, 5.41) is 0. The summed E-state index contributed by atoms with van der Waals surface area (Å²) in [6.07, 6.45) is 7.06. The summed E-state index contributed by atoms with van der Waals surface area (Å²) in [6, 6.07) is 0. The second-order valence-corrected chi connectivity index (χ2v) is 4.91. The fraction of sp³-hybridized carbons (Fsp3) is 0.750. The third-order valence-electron chi connectivity index (χ3n) is 3.55. The molecule has 0 amide bonds. The Bertz CT molecular complexity index is 323. The minimum absolute atomic E-state index is 0.280. The lowest BCUT2D eigenvalue weighted by atomic mass is 9.86. The molecule has 1 aliphatic heterocycles. The van der Waals surface area contributed by atoms with Gasteiger partial charge in [-0.3, -0.25) is 0 Å². The largest absolute Gasteiger partial charge is 0.332 e. The Balaban J connectivity index is 2.39. The summed E-state index contributed by atoms with van der Waals surface area (Å²) >= 11 is 0. The molecule has 78 valence electrons. The molecule has 0 radical (unpaired) electrons. The van der Waals surface area contributed by atoms with E-state index in [-0.39, 0.29) is 5.41 Å². The highest BCUT2D eigenvalue weighted by molar-refractivity contribution is 5.16. The van der Waals surface area contributed by atoms with Gasteiger partial charge in [0.1, 0.15) is 5.82 Å². The summed E-state index contributed by atoms with van der Waals surface area (Å²) in [5.74, 6) is 1.30. The summed E-state index contributed by atoms with van der Waals surface area (Å²) in [7, 11) is 0. The lowest BCUT2D eigenvalue weighted by Crippen LogP contribution is -2.23. The van der Waals surface area contributed by atoms with Crippen LogP contribution in [0.4, 0.5) is 0 Å². The van der Waals surface area contributed by atoms with E-state index in [0.717, 1.165) is 0 Å². The maximum atomic E-state index is 4.53. The molecule has 0 saturated carbocycles. The summed E-state index contributed by atoms with van der Waals surface area (Å²) in [5.41, 5.74) is 1.71. The van der Waals surface area contributed by atoms with Crippen LogP contribution in [0.3, 0.4) is 0 Å². The molecule has 0 aliphatic carbocycles. The average molecular weight is 192 g/mol. The molecule has 2 nitrogen and oxygen atoms in total. The molecule has 2 heteroatoms. The molecule has 1 aromatic heterocycles. The first-order valence-corrected chi connectivity index (χ1v) is 5.70. The quantitative estimate of drug-likeness (QED) is 0.704. The highest BCUT2D eigenvalue weighted by Crippen LogP contribution is 2.29. The van der Waals surface area contributed by atoms with Gasteiger partial charge in [0.05, 0.1) is 0 Å². The van der Waals surface area contributed by atoms with E-state index in [1.807, 2.05) is 0 Å². The molecule has 0 aromatic carbocycles. The molecule has 1 aromatic rings. The van der Waals surface area contributed by atoms with Gasteiger partial charge in [-0.15, -0.1) is 0 Å². The van der Waals surface area contributed by atoms with Gasteiger partial charge in [-0.05, 0) is 19.3 Å². The van der Waals surface area contributed by atoms with Gasteiger partial charge in [0.25, 0.3) is 0 Å². The van der Waals surface area contributed by atoms with Crippen LogP contribution in [0, 0.1) is 0 Å². The Hall–Kier alpha value is -0.790. The molecule has 0 bridgehead atoms. The van der Waals surface area contributed by atoms with Gasteiger partial charge in [0.15, 0.2) is 0 Å². The average Bonchev–Trinajstić information content (AvgIpc) is 2.61. The van der Waals surface area contributed by atoms with Gasteiger partial charge in [-0.1, -0.05) is 20.8 Å². The number of aromatic nitrogens is 2. The first-order chi connectivity index (χ1) is 6.65. The van der Waals surface area contributed by atoms with Crippen LogP contribution in [0.5, 0.6) is 0 Å². The topological polar surface area (TPSA) is 17.8 Å². The molecule has 0 N–H and O–H groups in total. The van der Waals surface area contributed by atoms with Gasteiger partial charge in [0.2, 0.25) is 0 Å². The zero-order valence-electron chi connectivity index (χ0n) is 9.51. The van der Waals surface area contributed by atoms with Gasteiger partial charge in [-0.2, -0.15) is 0 Å². The Morgan fingerprint density at radius 3 is 2.93 bits per heavy atom. The van der Waals surface area contributed by atoms with Crippen LogP contribution in [0.1, 0.15) is 51.6 Å². The fourth-order valence-corrected chi connectivity index (χ4v) is 2.14. The van der Waals surface area contributed by atoms with Crippen molar-refractivity contribution in [1.82, 2.24) is 9.55 Å². The van der Waals surface area contributed by atoms with Crippen molar-refractivity contribution in [3.63, 3.8) is 0 Å². The second kappa shape index (κ2) is 3.41. The molecule has 1 aliphatic rings. The Labute approximate surface area is 86.3 Å². The molecular formula is C12H20N2. The Morgan fingerprint density at radius 2 is 2.21 bits per heavy atom. The number of fused-ring (bicyclic) bond motifs is 1. The van der Waals surface area contributed by atoms with Crippen LogP contribution in [0.2, 0.25) is 0 Å². The number of hydrogen-bond acceptors (Lipinski definition) is 1. The zero-order valence-corrected chi connectivity index (χ0v) is 9.51. The molecule has 0 saturated heterocycles. The minimum Gasteiger partial charge on any atom is -0.332 e.